The molecule has 2 atom stereocenters. The van der Waals surface area contributed by atoms with Crippen molar-refractivity contribution in [1.82, 2.24) is 10.3 Å². The molecule has 0 spiro atoms. The Balaban J connectivity index is 2.03. The minimum Gasteiger partial charge on any atom is -0.375 e. The van der Waals surface area contributed by atoms with Gasteiger partial charge in [0.15, 0.2) is 0 Å². The second kappa shape index (κ2) is 7.60. The molecule has 1 fully saturated rings. The van der Waals surface area contributed by atoms with Gasteiger partial charge in [-0.25, -0.2) is 0 Å². The quantitative estimate of drug-likeness (QED) is 0.867. The van der Waals surface area contributed by atoms with E-state index in [0.29, 0.717) is 12.1 Å². The molecule has 2 rings (SSSR count). The predicted octanol–water partition coefficient (Wildman–Crippen LogP) is 2.76. The van der Waals surface area contributed by atoms with Gasteiger partial charge in [0.05, 0.1) is 30.3 Å². The molecule has 2 heterocycles. The maximum absolute atomic E-state index is 5.72. The summed E-state index contributed by atoms with van der Waals surface area (Å²) in [6.45, 7) is 10.2. The van der Waals surface area contributed by atoms with Crippen molar-refractivity contribution in [2.75, 3.05) is 31.1 Å². The second-order valence-electron chi connectivity index (χ2n) is 5.31. The Kier molecular flexibility index (Phi) is 5.80. The molecule has 1 N–H and O–H groups in total. The van der Waals surface area contributed by atoms with Crippen LogP contribution in [0.2, 0.25) is 0 Å². The number of hydrogen-bond donors (Lipinski definition) is 1. The minimum absolute atomic E-state index is 0.355. The third-order valence-corrected chi connectivity index (χ3v) is 3.95. The highest BCUT2D eigenvalue weighted by atomic mass is 16.5. The van der Waals surface area contributed by atoms with Crippen LogP contribution in [0.4, 0.5) is 5.69 Å². The van der Waals surface area contributed by atoms with E-state index >= 15 is 0 Å². The molecule has 0 amide bonds. The maximum Gasteiger partial charge on any atom is 0.0748 e. The van der Waals surface area contributed by atoms with Crippen LogP contribution in [-0.4, -0.2) is 37.3 Å². The summed E-state index contributed by atoms with van der Waals surface area (Å²) in [6.07, 6.45) is 4.50. The van der Waals surface area contributed by atoms with Crippen LogP contribution < -0.4 is 10.2 Å². The number of aromatic nitrogens is 1. The SMILES string of the molecule is CCNC(CC)c1ccc(N2CCOC(CC)C2)cn1. The Morgan fingerprint density at radius 1 is 1.40 bits per heavy atom. The summed E-state index contributed by atoms with van der Waals surface area (Å²) in [4.78, 5) is 7.03. The molecule has 0 radical (unpaired) electrons. The average Bonchev–Trinajstić information content (AvgIpc) is 2.53. The molecule has 0 saturated carbocycles. The van der Waals surface area contributed by atoms with Gasteiger partial charge in [-0.3, -0.25) is 4.98 Å². The van der Waals surface area contributed by atoms with Gasteiger partial charge in [-0.05, 0) is 31.5 Å². The molecule has 4 heteroatoms. The number of hydrogen-bond acceptors (Lipinski definition) is 4. The number of pyridine rings is 1. The standard InChI is InChI=1S/C16H27N3O/c1-4-14-12-19(9-10-20-14)13-7-8-16(18-11-13)15(5-2)17-6-3/h7-8,11,14-15,17H,4-6,9-10,12H2,1-3H3. The van der Waals surface area contributed by atoms with Gasteiger partial charge >= 0.3 is 0 Å². The molecule has 2 unspecified atom stereocenters. The summed E-state index contributed by atoms with van der Waals surface area (Å²) in [7, 11) is 0. The van der Waals surface area contributed by atoms with E-state index < -0.39 is 0 Å². The predicted molar refractivity (Wildman–Crippen MR) is 83.2 cm³/mol. The molecule has 1 aliphatic rings. The second-order valence-corrected chi connectivity index (χ2v) is 5.31. The molecule has 0 aliphatic carbocycles. The molecular weight excluding hydrogens is 250 g/mol. The highest BCUT2D eigenvalue weighted by Gasteiger charge is 2.19. The Hall–Kier alpha value is -1.13. The number of nitrogens with zero attached hydrogens (tertiary/aromatic N) is 2. The fourth-order valence-corrected chi connectivity index (χ4v) is 2.70. The van der Waals surface area contributed by atoms with Gasteiger partial charge in [0.2, 0.25) is 0 Å². The van der Waals surface area contributed by atoms with Crippen molar-refractivity contribution in [1.29, 1.82) is 0 Å². The van der Waals surface area contributed by atoms with Crippen LogP contribution in [0.3, 0.4) is 0 Å². The molecule has 1 aliphatic heterocycles. The van der Waals surface area contributed by atoms with Gasteiger partial charge < -0.3 is 15.0 Å². The van der Waals surface area contributed by atoms with Crippen LogP contribution in [0.25, 0.3) is 0 Å². The maximum atomic E-state index is 5.72. The van der Waals surface area contributed by atoms with Crippen LogP contribution >= 0.6 is 0 Å². The molecule has 1 aromatic rings. The molecular formula is C16H27N3O. The van der Waals surface area contributed by atoms with Gasteiger partial charge in [-0.1, -0.05) is 20.8 Å². The van der Waals surface area contributed by atoms with Crippen LogP contribution in [-0.2, 0) is 4.74 Å². The topological polar surface area (TPSA) is 37.4 Å². The van der Waals surface area contributed by atoms with Crippen molar-refractivity contribution >= 4 is 5.69 Å². The fourth-order valence-electron chi connectivity index (χ4n) is 2.70. The molecule has 20 heavy (non-hydrogen) atoms. The van der Waals surface area contributed by atoms with E-state index in [0.717, 1.165) is 44.8 Å². The summed E-state index contributed by atoms with van der Waals surface area (Å²) in [5, 5.41) is 3.47. The van der Waals surface area contributed by atoms with Gasteiger partial charge in [-0.15, -0.1) is 0 Å². The van der Waals surface area contributed by atoms with Gasteiger partial charge in [0, 0.05) is 19.1 Å². The molecule has 112 valence electrons. The van der Waals surface area contributed by atoms with E-state index in [9.17, 15) is 0 Å². The minimum atomic E-state index is 0.355. The van der Waals surface area contributed by atoms with Crippen molar-refractivity contribution in [3.63, 3.8) is 0 Å². The first kappa shape index (κ1) is 15.3. The Bertz CT molecular complexity index is 393. The number of ether oxygens (including phenoxy) is 1. The molecule has 4 nitrogen and oxygen atoms in total. The summed E-state index contributed by atoms with van der Waals surface area (Å²) in [6, 6.07) is 4.71. The number of nitrogens with one attached hydrogen (secondary N) is 1. The van der Waals surface area contributed by atoms with E-state index in [1.165, 1.54) is 5.69 Å². The van der Waals surface area contributed by atoms with E-state index in [1.54, 1.807) is 0 Å². The first-order valence-corrected chi connectivity index (χ1v) is 7.84. The number of rotatable bonds is 6. The van der Waals surface area contributed by atoms with Crippen LogP contribution in [0.15, 0.2) is 18.3 Å². The number of anilines is 1. The molecule has 0 bridgehead atoms. The lowest BCUT2D eigenvalue weighted by molar-refractivity contribution is 0.0384. The van der Waals surface area contributed by atoms with Crippen LogP contribution in [0.1, 0.15) is 45.3 Å². The zero-order chi connectivity index (χ0) is 14.4. The fraction of sp³-hybridized carbons (Fsp3) is 0.688. The first-order valence-electron chi connectivity index (χ1n) is 7.84. The molecule has 1 aromatic heterocycles. The highest BCUT2D eigenvalue weighted by molar-refractivity contribution is 5.45. The van der Waals surface area contributed by atoms with E-state index in [-0.39, 0.29) is 0 Å². The highest BCUT2D eigenvalue weighted by Crippen LogP contribution is 2.21. The van der Waals surface area contributed by atoms with Crippen LogP contribution in [0.5, 0.6) is 0 Å². The third kappa shape index (κ3) is 3.70. The van der Waals surface area contributed by atoms with E-state index in [4.69, 9.17) is 4.74 Å². The van der Waals surface area contributed by atoms with Crippen molar-refractivity contribution in [3.05, 3.63) is 24.0 Å². The van der Waals surface area contributed by atoms with Gasteiger partial charge in [-0.2, -0.15) is 0 Å². The smallest absolute Gasteiger partial charge is 0.0748 e. The Morgan fingerprint density at radius 3 is 2.85 bits per heavy atom. The first-order chi connectivity index (χ1) is 9.78. The number of morpholine rings is 1. The third-order valence-electron chi connectivity index (χ3n) is 3.95. The van der Waals surface area contributed by atoms with Crippen molar-refractivity contribution in [3.8, 4) is 0 Å². The normalized spacial score (nSPS) is 20.9. The van der Waals surface area contributed by atoms with Crippen molar-refractivity contribution in [2.45, 2.75) is 45.8 Å². The lowest BCUT2D eigenvalue weighted by Gasteiger charge is -2.34. The van der Waals surface area contributed by atoms with Crippen molar-refractivity contribution < 1.29 is 4.74 Å². The zero-order valence-corrected chi connectivity index (χ0v) is 12.9. The molecule has 0 aromatic carbocycles. The monoisotopic (exact) mass is 277 g/mol. The average molecular weight is 277 g/mol. The van der Waals surface area contributed by atoms with Gasteiger partial charge in [0.25, 0.3) is 0 Å². The Labute approximate surface area is 122 Å². The summed E-state index contributed by atoms with van der Waals surface area (Å²) in [5.74, 6) is 0. The summed E-state index contributed by atoms with van der Waals surface area (Å²) < 4.78 is 5.72. The van der Waals surface area contributed by atoms with E-state index in [1.807, 2.05) is 6.20 Å². The Morgan fingerprint density at radius 2 is 2.25 bits per heavy atom. The zero-order valence-electron chi connectivity index (χ0n) is 12.9. The van der Waals surface area contributed by atoms with Crippen molar-refractivity contribution in [2.24, 2.45) is 0 Å². The largest absolute Gasteiger partial charge is 0.375 e. The molecule has 1 saturated heterocycles. The lowest BCUT2D eigenvalue weighted by Crippen LogP contribution is -2.42. The summed E-state index contributed by atoms with van der Waals surface area (Å²) in [5.41, 5.74) is 2.35. The van der Waals surface area contributed by atoms with Crippen LogP contribution in [0, 0.1) is 0 Å². The summed E-state index contributed by atoms with van der Waals surface area (Å²) >= 11 is 0. The van der Waals surface area contributed by atoms with E-state index in [2.05, 4.69) is 48.1 Å². The lowest BCUT2D eigenvalue weighted by atomic mass is 10.1. The van der Waals surface area contributed by atoms with Gasteiger partial charge in [0.1, 0.15) is 0 Å².